The van der Waals surface area contributed by atoms with Crippen LogP contribution in [0.25, 0.3) is 0 Å². The van der Waals surface area contributed by atoms with E-state index in [2.05, 4.69) is 0 Å². The van der Waals surface area contributed by atoms with Gasteiger partial charge in [-0.15, -0.1) is 11.3 Å². The molecule has 0 fully saturated rings. The second-order valence-corrected chi connectivity index (χ2v) is 3.80. The SMILES string of the molecule is COC1=C(OC)C(=O)c2sccc2C1=O. The average Bonchev–Trinajstić information content (AvgIpc) is 2.72. The zero-order valence-corrected chi connectivity index (χ0v) is 9.01. The maximum atomic E-state index is 11.8. The average molecular weight is 224 g/mol. The lowest BCUT2D eigenvalue weighted by Crippen LogP contribution is -2.22. The van der Waals surface area contributed by atoms with E-state index in [4.69, 9.17) is 9.47 Å². The standard InChI is InChI=1S/C10H8O4S/c1-13-8-6(11)5-3-4-15-10(5)7(12)9(8)14-2/h3-4H,1-2H3. The van der Waals surface area contributed by atoms with Gasteiger partial charge in [0.25, 0.3) is 0 Å². The molecule has 0 N–H and O–H groups in total. The molecular weight excluding hydrogens is 216 g/mol. The monoisotopic (exact) mass is 224 g/mol. The number of Topliss-reactive ketones (excluding diaryl/α,β-unsaturated/α-hetero) is 2. The Morgan fingerprint density at radius 1 is 1.07 bits per heavy atom. The normalized spacial score (nSPS) is 15.3. The van der Waals surface area contributed by atoms with Crippen molar-refractivity contribution < 1.29 is 19.1 Å². The largest absolute Gasteiger partial charge is 0.489 e. The highest BCUT2D eigenvalue weighted by molar-refractivity contribution is 7.12. The van der Waals surface area contributed by atoms with E-state index < -0.39 is 0 Å². The van der Waals surface area contributed by atoms with Gasteiger partial charge in [-0.3, -0.25) is 9.59 Å². The zero-order chi connectivity index (χ0) is 11.0. The van der Waals surface area contributed by atoms with Gasteiger partial charge in [-0.1, -0.05) is 0 Å². The van der Waals surface area contributed by atoms with E-state index in [1.54, 1.807) is 11.4 Å². The molecule has 0 bridgehead atoms. The molecule has 0 aromatic carbocycles. The number of carbonyl (C=O) groups excluding carboxylic acids is 2. The van der Waals surface area contributed by atoms with E-state index in [-0.39, 0.29) is 23.1 Å². The van der Waals surface area contributed by atoms with Gasteiger partial charge in [-0.2, -0.15) is 0 Å². The molecule has 1 aromatic heterocycles. The summed E-state index contributed by atoms with van der Waals surface area (Å²) in [5.74, 6) is -0.630. The maximum Gasteiger partial charge on any atom is 0.242 e. The molecule has 0 radical (unpaired) electrons. The van der Waals surface area contributed by atoms with Crippen molar-refractivity contribution in [2.75, 3.05) is 14.2 Å². The molecule has 1 heterocycles. The molecular formula is C10H8O4S. The first-order chi connectivity index (χ1) is 7.20. The molecule has 0 saturated carbocycles. The van der Waals surface area contributed by atoms with Crippen molar-refractivity contribution >= 4 is 22.9 Å². The smallest absolute Gasteiger partial charge is 0.242 e. The minimum Gasteiger partial charge on any atom is -0.489 e. The fraction of sp³-hybridized carbons (Fsp3) is 0.200. The molecule has 0 atom stereocenters. The number of methoxy groups -OCH3 is 2. The number of rotatable bonds is 2. The highest BCUT2D eigenvalue weighted by Gasteiger charge is 2.35. The minimum absolute atomic E-state index is 0.0163. The van der Waals surface area contributed by atoms with Crippen LogP contribution in [0.15, 0.2) is 23.0 Å². The second-order valence-electron chi connectivity index (χ2n) is 2.89. The summed E-state index contributed by atoms with van der Waals surface area (Å²) < 4.78 is 9.79. The quantitative estimate of drug-likeness (QED) is 0.766. The molecule has 0 unspecified atom stereocenters. The van der Waals surface area contributed by atoms with Gasteiger partial charge in [-0.05, 0) is 11.4 Å². The van der Waals surface area contributed by atoms with Crippen LogP contribution in [0.4, 0.5) is 0 Å². The number of ether oxygens (including phenoxy) is 2. The summed E-state index contributed by atoms with van der Waals surface area (Å²) in [4.78, 5) is 24.0. The first kappa shape index (κ1) is 9.92. The van der Waals surface area contributed by atoms with Crippen LogP contribution in [0.5, 0.6) is 0 Å². The van der Waals surface area contributed by atoms with Crippen LogP contribution in [-0.4, -0.2) is 25.8 Å². The van der Waals surface area contributed by atoms with E-state index >= 15 is 0 Å². The predicted octanol–water partition coefficient (Wildman–Crippen LogP) is 1.63. The lowest BCUT2D eigenvalue weighted by Gasteiger charge is -2.15. The molecule has 0 saturated heterocycles. The molecule has 5 heteroatoms. The number of hydrogen-bond donors (Lipinski definition) is 0. The highest BCUT2D eigenvalue weighted by Crippen LogP contribution is 2.30. The lowest BCUT2D eigenvalue weighted by molar-refractivity contribution is 0.0833. The van der Waals surface area contributed by atoms with Crippen molar-refractivity contribution in [3.8, 4) is 0 Å². The Morgan fingerprint density at radius 2 is 1.67 bits per heavy atom. The van der Waals surface area contributed by atoms with Gasteiger partial charge in [-0.25, -0.2) is 0 Å². The van der Waals surface area contributed by atoms with Crippen molar-refractivity contribution in [1.29, 1.82) is 0 Å². The number of allylic oxidation sites excluding steroid dienone is 2. The van der Waals surface area contributed by atoms with E-state index in [0.717, 1.165) is 0 Å². The molecule has 1 aliphatic carbocycles. The van der Waals surface area contributed by atoms with E-state index in [9.17, 15) is 9.59 Å². The first-order valence-electron chi connectivity index (χ1n) is 4.19. The Morgan fingerprint density at radius 3 is 2.27 bits per heavy atom. The maximum absolute atomic E-state index is 11.8. The summed E-state index contributed by atoms with van der Waals surface area (Å²) in [6.45, 7) is 0. The van der Waals surface area contributed by atoms with Crippen molar-refractivity contribution in [2.45, 2.75) is 0 Å². The summed E-state index contributed by atoms with van der Waals surface area (Å²) in [5.41, 5.74) is 0.391. The second kappa shape index (κ2) is 3.51. The molecule has 2 rings (SSSR count). The van der Waals surface area contributed by atoms with Crippen LogP contribution in [0, 0.1) is 0 Å². The van der Waals surface area contributed by atoms with Gasteiger partial charge >= 0.3 is 0 Å². The third-order valence-electron chi connectivity index (χ3n) is 2.14. The van der Waals surface area contributed by atoms with Gasteiger partial charge in [0.05, 0.1) is 19.1 Å². The van der Waals surface area contributed by atoms with E-state index in [0.29, 0.717) is 10.4 Å². The molecule has 4 nitrogen and oxygen atoms in total. The Bertz CT molecular complexity index is 429. The van der Waals surface area contributed by atoms with E-state index in [1.807, 2.05) is 0 Å². The molecule has 1 aliphatic rings. The number of ketones is 2. The molecule has 0 amide bonds. The molecule has 15 heavy (non-hydrogen) atoms. The predicted molar refractivity (Wildman–Crippen MR) is 54.0 cm³/mol. The molecule has 1 aromatic rings. The van der Waals surface area contributed by atoms with Gasteiger partial charge < -0.3 is 9.47 Å². The van der Waals surface area contributed by atoms with Crippen molar-refractivity contribution in [3.05, 3.63) is 33.4 Å². The topological polar surface area (TPSA) is 52.6 Å². The Balaban J connectivity index is 2.64. The Kier molecular flexibility index (Phi) is 2.32. The Labute approximate surface area is 90.1 Å². The summed E-state index contributed by atoms with van der Waals surface area (Å²) in [6.07, 6.45) is 0. The third-order valence-corrected chi connectivity index (χ3v) is 3.06. The van der Waals surface area contributed by atoms with Gasteiger partial charge in [0.15, 0.2) is 0 Å². The zero-order valence-electron chi connectivity index (χ0n) is 8.20. The molecule has 78 valence electrons. The number of carbonyl (C=O) groups is 2. The van der Waals surface area contributed by atoms with Gasteiger partial charge in [0.1, 0.15) is 0 Å². The number of thiophene rings is 1. The van der Waals surface area contributed by atoms with Crippen LogP contribution in [0.3, 0.4) is 0 Å². The highest BCUT2D eigenvalue weighted by atomic mass is 32.1. The van der Waals surface area contributed by atoms with Crippen LogP contribution in [0.1, 0.15) is 20.0 Å². The van der Waals surface area contributed by atoms with Crippen molar-refractivity contribution in [1.82, 2.24) is 0 Å². The summed E-state index contributed by atoms with van der Waals surface area (Å²) in [5, 5.41) is 1.70. The Hall–Kier alpha value is -1.62. The number of hydrogen-bond acceptors (Lipinski definition) is 5. The fourth-order valence-corrected chi connectivity index (χ4v) is 2.29. The number of fused-ring (bicyclic) bond motifs is 1. The van der Waals surface area contributed by atoms with Crippen LogP contribution < -0.4 is 0 Å². The summed E-state index contributed by atoms with van der Waals surface area (Å²) in [6, 6.07) is 1.62. The molecule has 0 spiro atoms. The molecule has 0 aliphatic heterocycles. The van der Waals surface area contributed by atoms with E-state index in [1.165, 1.54) is 25.6 Å². The summed E-state index contributed by atoms with van der Waals surface area (Å²) in [7, 11) is 2.69. The van der Waals surface area contributed by atoms with Crippen molar-refractivity contribution in [3.63, 3.8) is 0 Å². The third kappa shape index (κ3) is 1.27. The minimum atomic E-state index is -0.301. The van der Waals surface area contributed by atoms with Gasteiger partial charge in [0, 0.05) is 5.56 Å². The van der Waals surface area contributed by atoms with Crippen LogP contribution >= 0.6 is 11.3 Å². The van der Waals surface area contributed by atoms with Crippen LogP contribution in [0.2, 0.25) is 0 Å². The van der Waals surface area contributed by atoms with Crippen LogP contribution in [-0.2, 0) is 9.47 Å². The van der Waals surface area contributed by atoms with Crippen molar-refractivity contribution in [2.24, 2.45) is 0 Å². The summed E-state index contributed by atoms with van der Waals surface area (Å²) >= 11 is 1.23. The van der Waals surface area contributed by atoms with Gasteiger partial charge in [0.2, 0.25) is 23.1 Å². The fourth-order valence-electron chi connectivity index (χ4n) is 1.47. The lowest BCUT2D eigenvalue weighted by atomic mass is 10.0. The first-order valence-corrected chi connectivity index (χ1v) is 5.07.